The van der Waals surface area contributed by atoms with Gasteiger partial charge in [-0.1, -0.05) is 18.2 Å². The standard InChI is InChI=1S/C21H21N3O4S/c1-12-6-4-5-7-17(12)22-21(29)24-23-20(26)14(3)27-15-8-9-16-13(2)10-19(25)28-18(16)11-15/h4-11,14H,1-3H3,(H,23,26)(H2,22,24,29)/t14-/m1/s1. The number of hydrogen-bond acceptors (Lipinski definition) is 5. The zero-order valence-electron chi connectivity index (χ0n) is 16.2. The summed E-state index contributed by atoms with van der Waals surface area (Å²) in [5.74, 6) is -0.000706. The first-order valence-electron chi connectivity index (χ1n) is 8.97. The van der Waals surface area contributed by atoms with Crippen molar-refractivity contribution < 1.29 is 13.9 Å². The van der Waals surface area contributed by atoms with Crippen molar-refractivity contribution in [3.05, 3.63) is 70.1 Å². The molecule has 1 atom stereocenters. The summed E-state index contributed by atoms with van der Waals surface area (Å²) < 4.78 is 10.9. The number of ether oxygens (including phenoxy) is 1. The Bertz CT molecular complexity index is 1130. The van der Waals surface area contributed by atoms with E-state index in [4.69, 9.17) is 21.4 Å². The molecule has 0 saturated heterocycles. The average molecular weight is 411 g/mol. The molecule has 1 heterocycles. The lowest BCUT2D eigenvalue weighted by atomic mass is 10.1. The third-order valence-corrected chi connectivity index (χ3v) is 4.50. The molecular weight excluding hydrogens is 390 g/mol. The Hall–Kier alpha value is -3.39. The van der Waals surface area contributed by atoms with E-state index >= 15 is 0 Å². The molecule has 2 aromatic carbocycles. The van der Waals surface area contributed by atoms with Crippen molar-refractivity contribution in [1.29, 1.82) is 0 Å². The maximum atomic E-state index is 12.3. The minimum absolute atomic E-state index is 0.253. The summed E-state index contributed by atoms with van der Waals surface area (Å²) in [5, 5.41) is 4.07. The molecule has 0 aliphatic carbocycles. The Morgan fingerprint density at radius 1 is 1.07 bits per heavy atom. The van der Waals surface area contributed by atoms with E-state index in [1.165, 1.54) is 6.07 Å². The van der Waals surface area contributed by atoms with Crippen LogP contribution < -0.4 is 26.5 Å². The van der Waals surface area contributed by atoms with Gasteiger partial charge in [0.15, 0.2) is 11.2 Å². The number of nitrogens with one attached hydrogen (secondary N) is 3. The normalized spacial score (nSPS) is 11.6. The van der Waals surface area contributed by atoms with Gasteiger partial charge in [-0.15, -0.1) is 0 Å². The van der Waals surface area contributed by atoms with Crippen LogP contribution in [0, 0.1) is 13.8 Å². The first kappa shape index (κ1) is 20.3. The van der Waals surface area contributed by atoms with Crippen LogP contribution in [-0.4, -0.2) is 17.1 Å². The molecule has 0 bridgehead atoms. The molecule has 3 rings (SSSR count). The van der Waals surface area contributed by atoms with E-state index in [0.717, 1.165) is 22.2 Å². The highest BCUT2D eigenvalue weighted by molar-refractivity contribution is 7.80. The summed E-state index contributed by atoms with van der Waals surface area (Å²) in [4.78, 5) is 23.8. The van der Waals surface area contributed by atoms with E-state index in [0.29, 0.717) is 11.3 Å². The number of benzene rings is 2. The highest BCUT2D eigenvalue weighted by Crippen LogP contribution is 2.23. The van der Waals surface area contributed by atoms with E-state index in [1.54, 1.807) is 25.1 Å². The molecular formula is C21H21N3O4S. The minimum Gasteiger partial charge on any atom is -0.481 e. The second-order valence-corrected chi connectivity index (χ2v) is 6.96. The molecule has 1 aromatic heterocycles. The monoisotopic (exact) mass is 411 g/mol. The van der Waals surface area contributed by atoms with Crippen LogP contribution in [0.15, 0.2) is 57.7 Å². The maximum Gasteiger partial charge on any atom is 0.336 e. The fourth-order valence-corrected chi connectivity index (χ4v) is 2.88. The van der Waals surface area contributed by atoms with E-state index < -0.39 is 17.6 Å². The molecule has 0 fully saturated rings. The molecule has 0 saturated carbocycles. The zero-order valence-corrected chi connectivity index (χ0v) is 17.1. The van der Waals surface area contributed by atoms with E-state index in [9.17, 15) is 9.59 Å². The van der Waals surface area contributed by atoms with Gasteiger partial charge in [-0.05, 0) is 62.3 Å². The molecule has 1 amide bonds. The van der Waals surface area contributed by atoms with Gasteiger partial charge in [-0.2, -0.15) is 0 Å². The molecule has 0 radical (unpaired) electrons. The molecule has 0 spiro atoms. The van der Waals surface area contributed by atoms with E-state index in [2.05, 4.69) is 16.2 Å². The molecule has 8 heteroatoms. The van der Waals surface area contributed by atoms with Gasteiger partial charge in [0.2, 0.25) is 0 Å². The summed E-state index contributed by atoms with van der Waals surface area (Å²) in [7, 11) is 0. The number of fused-ring (bicyclic) bond motifs is 1. The molecule has 0 unspecified atom stereocenters. The number of thiocarbonyl (C=S) groups is 1. The Kier molecular flexibility index (Phi) is 6.13. The quantitative estimate of drug-likeness (QED) is 0.345. The first-order valence-corrected chi connectivity index (χ1v) is 9.38. The average Bonchev–Trinajstić information content (AvgIpc) is 2.67. The van der Waals surface area contributed by atoms with Gasteiger partial charge < -0.3 is 14.5 Å². The molecule has 150 valence electrons. The first-order chi connectivity index (χ1) is 13.8. The topological polar surface area (TPSA) is 92.6 Å². The second-order valence-electron chi connectivity index (χ2n) is 6.55. The van der Waals surface area contributed by atoms with Gasteiger partial charge >= 0.3 is 5.63 Å². The molecule has 7 nitrogen and oxygen atoms in total. The van der Waals surface area contributed by atoms with Crippen LogP contribution >= 0.6 is 12.2 Å². The number of anilines is 1. The lowest BCUT2D eigenvalue weighted by Gasteiger charge is -2.17. The highest BCUT2D eigenvalue weighted by atomic mass is 32.1. The van der Waals surface area contributed by atoms with Crippen molar-refractivity contribution in [3.8, 4) is 5.75 Å². The number of aryl methyl sites for hydroxylation is 2. The lowest BCUT2D eigenvalue weighted by Crippen LogP contribution is -2.48. The fraction of sp³-hybridized carbons (Fsp3) is 0.190. The largest absolute Gasteiger partial charge is 0.481 e. The van der Waals surface area contributed by atoms with E-state index in [1.807, 2.05) is 38.1 Å². The van der Waals surface area contributed by atoms with Crippen molar-refractivity contribution in [2.24, 2.45) is 0 Å². The van der Waals surface area contributed by atoms with Gasteiger partial charge in [0.1, 0.15) is 11.3 Å². The van der Waals surface area contributed by atoms with Crippen molar-refractivity contribution in [1.82, 2.24) is 10.9 Å². The molecule has 3 aromatic rings. The number of carbonyl (C=O) groups excluding carboxylic acids is 1. The maximum absolute atomic E-state index is 12.3. The SMILES string of the molecule is Cc1ccccc1NC(=S)NNC(=O)[C@@H](C)Oc1ccc2c(C)cc(=O)oc2c1. The number of amides is 1. The number of hydrazine groups is 1. The van der Waals surface area contributed by atoms with Crippen molar-refractivity contribution in [2.75, 3.05) is 5.32 Å². The smallest absolute Gasteiger partial charge is 0.336 e. The zero-order chi connectivity index (χ0) is 21.0. The van der Waals surface area contributed by atoms with E-state index in [-0.39, 0.29) is 5.11 Å². The van der Waals surface area contributed by atoms with Gasteiger partial charge in [0, 0.05) is 23.2 Å². The lowest BCUT2D eigenvalue weighted by molar-refractivity contribution is -0.127. The summed E-state index contributed by atoms with van der Waals surface area (Å²) in [6.07, 6.45) is -0.808. The van der Waals surface area contributed by atoms with Crippen molar-refractivity contribution in [2.45, 2.75) is 26.9 Å². The molecule has 3 N–H and O–H groups in total. The fourth-order valence-electron chi connectivity index (χ4n) is 2.72. The molecule has 0 aliphatic heterocycles. The summed E-state index contributed by atoms with van der Waals surface area (Å²) in [6.45, 7) is 5.38. The van der Waals surface area contributed by atoms with Gasteiger partial charge in [-0.25, -0.2) is 4.79 Å². The number of carbonyl (C=O) groups is 1. The Morgan fingerprint density at radius 2 is 1.83 bits per heavy atom. The summed E-state index contributed by atoms with van der Waals surface area (Å²) >= 11 is 5.19. The van der Waals surface area contributed by atoms with Crippen molar-refractivity contribution in [3.63, 3.8) is 0 Å². The van der Waals surface area contributed by atoms with Crippen LogP contribution in [-0.2, 0) is 4.79 Å². The number of hydrogen-bond donors (Lipinski definition) is 3. The van der Waals surface area contributed by atoms with Crippen LogP contribution in [0.5, 0.6) is 5.75 Å². The van der Waals surface area contributed by atoms with Gasteiger partial charge in [0.25, 0.3) is 5.91 Å². The number of para-hydroxylation sites is 1. The third kappa shape index (κ3) is 5.11. The predicted molar refractivity (Wildman–Crippen MR) is 116 cm³/mol. The summed E-state index contributed by atoms with van der Waals surface area (Å²) in [5.41, 5.74) is 7.81. The highest BCUT2D eigenvalue weighted by Gasteiger charge is 2.16. The molecule has 0 aliphatic rings. The third-order valence-electron chi connectivity index (χ3n) is 4.30. The Balaban J connectivity index is 1.58. The predicted octanol–water partition coefficient (Wildman–Crippen LogP) is 3.19. The van der Waals surface area contributed by atoms with Crippen LogP contribution in [0.4, 0.5) is 5.69 Å². The van der Waals surface area contributed by atoms with Crippen LogP contribution in [0.3, 0.4) is 0 Å². The van der Waals surface area contributed by atoms with Gasteiger partial charge in [0.05, 0.1) is 0 Å². The Labute approximate surface area is 173 Å². The summed E-state index contributed by atoms with van der Waals surface area (Å²) in [6, 6.07) is 14.2. The number of rotatable bonds is 4. The van der Waals surface area contributed by atoms with Crippen LogP contribution in [0.1, 0.15) is 18.1 Å². The van der Waals surface area contributed by atoms with Crippen LogP contribution in [0.2, 0.25) is 0 Å². The second kappa shape index (κ2) is 8.74. The minimum atomic E-state index is -0.808. The van der Waals surface area contributed by atoms with Crippen LogP contribution in [0.25, 0.3) is 11.0 Å². The van der Waals surface area contributed by atoms with Gasteiger partial charge in [-0.3, -0.25) is 15.6 Å². The molecule has 29 heavy (non-hydrogen) atoms. The Morgan fingerprint density at radius 3 is 2.59 bits per heavy atom. The van der Waals surface area contributed by atoms with Crippen molar-refractivity contribution >= 4 is 39.9 Å².